The van der Waals surface area contributed by atoms with Crippen LogP contribution in [0, 0.1) is 5.41 Å². The largest absolute Gasteiger partial charge is 0.315 e. The Labute approximate surface area is 138 Å². The molecule has 0 aromatic rings. The third kappa shape index (κ3) is 2.55. The van der Waals surface area contributed by atoms with Crippen LogP contribution in [0.25, 0.3) is 0 Å². The molecule has 0 N–H and O–H groups in total. The second-order valence-corrected chi connectivity index (χ2v) is 7.81. The van der Waals surface area contributed by atoms with Gasteiger partial charge in [0.2, 0.25) is 5.91 Å². The van der Waals surface area contributed by atoms with Crippen LogP contribution in [0.3, 0.4) is 0 Å². The number of amides is 1. The summed E-state index contributed by atoms with van der Waals surface area (Å²) in [4.78, 5) is 16.6. The molecule has 0 atom stereocenters. The Hall–Kier alpha value is -1.16. The van der Waals surface area contributed by atoms with Gasteiger partial charge in [-0.15, -0.1) is 0 Å². The van der Waals surface area contributed by atoms with Crippen LogP contribution in [0.1, 0.15) is 58.3 Å². The summed E-state index contributed by atoms with van der Waals surface area (Å²) in [5.74, 6) is 0.107. The number of carbonyl (C=O) groups is 1. The summed E-state index contributed by atoms with van der Waals surface area (Å²) in [6.07, 6.45) is 10.4. The average Bonchev–Trinajstić information content (AvgIpc) is 3.16. The first-order valence-corrected chi connectivity index (χ1v) is 9.21. The van der Waals surface area contributed by atoms with Crippen LogP contribution in [-0.2, 0) is 4.79 Å². The Morgan fingerprint density at radius 3 is 2.57 bits per heavy atom. The lowest BCUT2D eigenvalue weighted by atomic mass is 9.72. The number of hydrogen-bond donors (Lipinski definition) is 0. The summed E-state index contributed by atoms with van der Waals surface area (Å²) in [6.45, 7) is 4.62. The zero-order valence-electron chi connectivity index (χ0n) is 14.1. The standard InChI is InChI=1S/C19H27FN2O/c1-14(23)22-13-19(17-12-15(20)6-7-18(17)22)8-10-21(11-9-19)16-4-2-3-5-16/h12,16H,2-11,13H2,1H3. The zero-order chi connectivity index (χ0) is 16.0. The average molecular weight is 318 g/mol. The highest BCUT2D eigenvalue weighted by atomic mass is 19.1. The molecular weight excluding hydrogens is 291 g/mol. The van der Waals surface area contributed by atoms with Gasteiger partial charge in [-0.2, -0.15) is 0 Å². The van der Waals surface area contributed by atoms with E-state index in [0.29, 0.717) is 12.8 Å². The number of rotatable bonds is 1. The minimum atomic E-state index is -0.00764. The lowest BCUT2D eigenvalue weighted by Gasteiger charge is -2.43. The zero-order valence-corrected chi connectivity index (χ0v) is 14.1. The molecule has 1 saturated heterocycles. The molecule has 23 heavy (non-hydrogen) atoms. The molecule has 0 radical (unpaired) electrons. The summed E-state index contributed by atoms with van der Waals surface area (Å²) < 4.78 is 13.9. The molecule has 4 rings (SSSR count). The summed E-state index contributed by atoms with van der Waals surface area (Å²) in [6, 6.07) is 0.768. The Balaban J connectivity index is 1.57. The first-order valence-electron chi connectivity index (χ1n) is 9.21. The van der Waals surface area contributed by atoms with Crippen molar-refractivity contribution >= 4 is 5.91 Å². The fraction of sp³-hybridized carbons (Fsp3) is 0.737. The van der Waals surface area contributed by atoms with Crippen LogP contribution in [0.4, 0.5) is 4.39 Å². The van der Waals surface area contributed by atoms with Crippen molar-refractivity contribution in [3.8, 4) is 0 Å². The highest BCUT2D eigenvalue weighted by Crippen LogP contribution is 2.51. The molecule has 0 aromatic carbocycles. The van der Waals surface area contributed by atoms with Crippen LogP contribution < -0.4 is 0 Å². The Kier molecular flexibility index (Phi) is 3.83. The summed E-state index contributed by atoms with van der Waals surface area (Å²) in [7, 11) is 0. The third-order valence-electron chi connectivity index (χ3n) is 6.55. The fourth-order valence-electron chi connectivity index (χ4n) is 5.22. The molecule has 0 bridgehead atoms. The molecule has 3 nitrogen and oxygen atoms in total. The van der Waals surface area contributed by atoms with Crippen LogP contribution in [0.5, 0.6) is 0 Å². The molecule has 2 heterocycles. The topological polar surface area (TPSA) is 23.6 Å². The monoisotopic (exact) mass is 318 g/mol. The van der Waals surface area contributed by atoms with E-state index in [9.17, 15) is 9.18 Å². The summed E-state index contributed by atoms with van der Waals surface area (Å²) >= 11 is 0. The molecule has 1 spiro atoms. The minimum absolute atomic E-state index is 0.00764. The molecule has 4 heteroatoms. The van der Waals surface area contributed by atoms with E-state index < -0.39 is 0 Å². The van der Waals surface area contributed by atoms with Gasteiger partial charge in [-0.3, -0.25) is 4.79 Å². The van der Waals surface area contributed by atoms with Gasteiger partial charge < -0.3 is 9.80 Å². The maximum Gasteiger partial charge on any atom is 0.223 e. The van der Waals surface area contributed by atoms with Gasteiger partial charge >= 0.3 is 0 Å². The van der Waals surface area contributed by atoms with Gasteiger partial charge in [0.1, 0.15) is 5.83 Å². The molecule has 2 aliphatic carbocycles. The smallest absolute Gasteiger partial charge is 0.223 e. The highest BCUT2D eigenvalue weighted by molar-refractivity contribution is 5.77. The van der Waals surface area contributed by atoms with E-state index in [0.717, 1.165) is 49.8 Å². The fourth-order valence-corrected chi connectivity index (χ4v) is 5.22. The van der Waals surface area contributed by atoms with Crippen molar-refractivity contribution in [3.63, 3.8) is 0 Å². The van der Waals surface area contributed by atoms with Crippen molar-refractivity contribution in [2.24, 2.45) is 5.41 Å². The number of likely N-dealkylation sites (tertiary alicyclic amines) is 1. The second kappa shape index (κ2) is 5.73. The van der Waals surface area contributed by atoms with Crippen molar-refractivity contribution in [2.45, 2.75) is 64.3 Å². The van der Waals surface area contributed by atoms with Gasteiger partial charge in [0, 0.05) is 37.0 Å². The number of fused-ring (bicyclic) bond motifs is 1. The molecular formula is C19H27FN2O. The highest BCUT2D eigenvalue weighted by Gasteiger charge is 2.48. The molecule has 126 valence electrons. The van der Waals surface area contributed by atoms with E-state index in [-0.39, 0.29) is 17.1 Å². The summed E-state index contributed by atoms with van der Waals surface area (Å²) in [5.41, 5.74) is 2.25. The normalized spacial score (nSPS) is 28.4. The molecule has 1 amide bonds. The van der Waals surface area contributed by atoms with E-state index >= 15 is 0 Å². The van der Waals surface area contributed by atoms with Crippen LogP contribution in [-0.4, -0.2) is 41.4 Å². The number of halogens is 1. The molecule has 4 aliphatic rings. The predicted octanol–water partition coefficient (Wildman–Crippen LogP) is 3.77. The quantitative estimate of drug-likeness (QED) is 0.735. The lowest BCUT2D eigenvalue weighted by molar-refractivity contribution is -0.127. The number of carbonyl (C=O) groups excluding carboxylic acids is 1. The molecule has 0 aromatic heterocycles. The van der Waals surface area contributed by atoms with E-state index in [1.807, 2.05) is 4.90 Å². The van der Waals surface area contributed by atoms with Crippen LogP contribution in [0.15, 0.2) is 23.2 Å². The van der Waals surface area contributed by atoms with Gasteiger partial charge in [0.25, 0.3) is 0 Å². The maximum absolute atomic E-state index is 13.9. The third-order valence-corrected chi connectivity index (χ3v) is 6.55. The first kappa shape index (κ1) is 15.4. The molecule has 2 aliphatic heterocycles. The first-order chi connectivity index (χ1) is 11.1. The Morgan fingerprint density at radius 1 is 1.22 bits per heavy atom. The Bertz CT molecular complexity index is 566. The molecule has 0 unspecified atom stereocenters. The van der Waals surface area contributed by atoms with Gasteiger partial charge in [0.05, 0.1) is 0 Å². The number of hydrogen-bond acceptors (Lipinski definition) is 2. The van der Waals surface area contributed by atoms with Gasteiger partial charge in [-0.05, 0) is 56.8 Å². The van der Waals surface area contributed by atoms with Crippen LogP contribution >= 0.6 is 0 Å². The van der Waals surface area contributed by atoms with Gasteiger partial charge in [0.15, 0.2) is 0 Å². The van der Waals surface area contributed by atoms with Crippen molar-refractivity contribution in [1.29, 1.82) is 0 Å². The lowest BCUT2D eigenvalue weighted by Crippen LogP contribution is -2.46. The minimum Gasteiger partial charge on any atom is -0.315 e. The SMILES string of the molecule is CC(=O)N1CC2(CCN(C3CCCC3)CC2)C2=C1CCC(F)=C2. The van der Waals surface area contributed by atoms with Crippen molar-refractivity contribution in [2.75, 3.05) is 19.6 Å². The van der Waals surface area contributed by atoms with E-state index in [1.54, 1.807) is 13.0 Å². The molecule has 1 saturated carbocycles. The number of piperidine rings is 1. The van der Waals surface area contributed by atoms with E-state index in [1.165, 1.54) is 25.7 Å². The summed E-state index contributed by atoms with van der Waals surface area (Å²) in [5, 5.41) is 0. The predicted molar refractivity (Wildman–Crippen MR) is 88.3 cm³/mol. The van der Waals surface area contributed by atoms with E-state index in [2.05, 4.69) is 4.90 Å². The van der Waals surface area contributed by atoms with Crippen molar-refractivity contribution in [3.05, 3.63) is 23.2 Å². The van der Waals surface area contributed by atoms with Crippen LogP contribution in [0.2, 0.25) is 0 Å². The second-order valence-electron chi connectivity index (χ2n) is 7.81. The number of nitrogens with zero attached hydrogens (tertiary/aromatic N) is 2. The van der Waals surface area contributed by atoms with E-state index in [4.69, 9.17) is 0 Å². The maximum atomic E-state index is 13.9. The van der Waals surface area contributed by atoms with Gasteiger partial charge in [-0.1, -0.05) is 12.8 Å². The molecule has 2 fully saturated rings. The van der Waals surface area contributed by atoms with Gasteiger partial charge in [-0.25, -0.2) is 4.39 Å². The van der Waals surface area contributed by atoms with Crippen molar-refractivity contribution in [1.82, 2.24) is 9.80 Å². The van der Waals surface area contributed by atoms with Crippen molar-refractivity contribution < 1.29 is 9.18 Å². The Morgan fingerprint density at radius 2 is 1.91 bits per heavy atom. The number of allylic oxidation sites excluding steroid dienone is 3.